The van der Waals surface area contributed by atoms with Crippen LogP contribution in [0.4, 0.5) is 5.69 Å². The molecule has 1 unspecified atom stereocenters. The summed E-state index contributed by atoms with van der Waals surface area (Å²) in [5, 5.41) is 11.1. The monoisotopic (exact) mass is 319 g/mol. The number of halogens is 2. The summed E-state index contributed by atoms with van der Waals surface area (Å²) in [4.78, 5) is 24.3. The maximum Gasteiger partial charge on any atom is 0.283 e. The van der Waals surface area contributed by atoms with Crippen molar-refractivity contribution in [3.63, 3.8) is 0 Å². The molecule has 1 heterocycles. The van der Waals surface area contributed by atoms with E-state index in [2.05, 4.69) is 0 Å². The molecule has 0 bridgehead atoms. The van der Waals surface area contributed by atoms with Crippen molar-refractivity contribution in [1.82, 2.24) is 4.90 Å². The first-order chi connectivity index (χ1) is 9.00. The van der Waals surface area contributed by atoms with E-state index in [1.807, 2.05) is 0 Å². The van der Waals surface area contributed by atoms with Crippen LogP contribution >= 0.6 is 24.0 Å². The van der Waals surface area contributed by atoms with E-state index in [1.165, 1.54) is 23.1 Å². The van der Waals surface area contributed by atoms with Crippen molar-refractivity contribution in [3.8, 4) is 0 Å². The summed E-state index contributed by atoms with van der Waals surface area (Å²) in [6.07, 6.45) is 1.65. The highest BCUT2D eigenvalue weighted by Crippen LogP contribution is 2.28. The standard InChI is InChI=1S/C12H14ClN3O3.ClH/c13-9-4-1-5-10(16(18)19)11(9)12(17)15-6-2-3-8(14)7-15;/h1,4-5,8H,2-3,6-7,14H2;1H. The highest BCUT2D eigenvalue weighted by atomic mass is 35.5. The summed E-state index contributed by atoms with van der Waals surface area (Å²) in [6, 6.07) is 4.13. The Hall–Kier alpha value is -1.37. The molecule has 1 atom stereocenters. The smallest absolute Gasteiger partial charge is 0.283 e. The Morgan fingerprint density at radius 3 is 2.80 bits per heavy atom. The zero-order valence-corrected chi connectivity index (χ0v) is 12.2. The van der Waals surface area contributed by atoms with Gasteiger partial charge in [-0.1, -0.05) is 17.7 Å². The summed E-state index contributed by atoms with van der Waals surface area (Å²) in [7, 11) is 0. The molecular formula is C12H15Cl2N3O3. The van der Waals surface area contributed by atoms with Gasteiger partial charge in [0.05, 0.1) is 9.95 Å². The number of hydrogen-bond donors (Lipinski definition) is 1. The van der Waals surface area contributed by atoms with Crippen molar-refractivity contribution >= 4 is 35.6 Å². The average molecular weight is 320 g/mol. The minimum absolute atomic E-state index is 0. The fourth-order valence-electron chi connectivity index (χ4n) is 2.23. The lowest BCUT2D eigenvalue weighted by Crippen LogP contribution is -2.45. The normalized spacial score (nSPS) is 18.3. The van der Waals surface area contributed by atoms with E-state index in [1.54, 1.807) is 0 Å². The largest absolute Gasteiger partial charge is 0.337 e. The zero-order valence-electron chi connectivity index (χ0n) is 10.6. The van der Waals surface area contributed by atoms with Crippen LogP contribution in [0.2, 0.25) is 5.02 Å². The lowest BCUT2D eigenvalue weighted by molar-refractivity contribution is -0.385. The second kappa shape index (κ2) is 6.88. The molecule has 0 saturated carbocycles. The van der Waals surface area contributed by atoms with Crippen LogP contribution in [-0.2, 0) is 0 Å². The second-order valence-electron chi connectivity index (χ2n) is 4.54. The van der Waals surface area contributed by atoms with Crippen LogP contribution in [0, 0.1) is 10.1 Å². The summed E-state index contributed by atoms with van der Waals surface area (Å²) in [5.41, 5.74) is 5.50. The van der Waals surface area contributed by atoms with Gasteiger partial charge in [-0.2, -0.15) is 0 Å². The topological polar surface area (TPSA) is 89.5 Å². The fraction of sp³-hybridized carbons (Fsp3) is 0.417. The second-order valence-corrected chi connectivity index (χ2v) is 4.95. The Morgan fingerprint density at radius 1 is 1.50 bits per heavy atom. The van der Waals surface area contributed by atoms with E-state index in [-0.39, 0.29) is 34.7 Å². The summed E-state index contributed by atoms with van der Waals surface area (Å²) in [5.74, 6) is -0.424. The number of piperidine rings is 1. The molecule has 0 aromatic heterocycles. The summed E-state index contributed by atoms with van der Waals surface area (Å²) in [6.45, 7) is 0.954. The Morgan fingerprint density at radius 2 is 2.20 bits per heavy atom. The van der Waals surface area contributed by atoms with Gasteiger partial charge in [-0.05, 0) is 18.9 Å². The predicted octanol–water partition coefficient (Wildman–Crippen LogP) is 2.23. The number of amides is 1. The van der Waals surface area contributed by atoms with Crippen LogP contribution < -0.4 is 5.73 Å². The predicted molar refractivity (Wildman–Crippen MR) is 78.5 cm³/mol. The SMILES string of the molecule is Cl.NC1CCCN(C(=O)c2c(Cl)cccc2[N+](=O)[O-])C1. The molecule has 1 fully saturated rings. The van der Waals surface area contributed by atoms with Gasteiger partial charge < -0.3 is 10.6 Å². The van der Waals surface area contributed by atoms with Gasteiger partial charge in [0.15, 0.2) is 0 Å². The number of nitro groups is 1. The van der Waals surface area contributed by atoms with E-state index in [0.29, 0.717) is 13.1 Å². The molecule has 2 rings (SSSR count). The van der Waals surface area contributed by atoms with Crippen LogP contribution in [0.1, 0.15) is 23.2 Å². The van der Waals surface area contributed by atoms with Gasteiger partial charge >= 0.3 is 0 Å². The van der Waals surface area contributed by atoms with Crippen LogP contribution in [-0.4, -0.2) is 34.9 Å². The Labute approximate surface area is 127 Å². The van der Waals surface area contributed by atoms with Crippen LogP contribution in [0.3, 0.4) is 0 Å². The lowest BCUT2D eigenvalue weighted by Gasteiger charge is -2.30. The number of nitrogens with two attached hydrogens (primary N) is 1. The molecule has 0 radical (unpaired) electrons. The number of carbonyl (C=O) groups is 1. The van der Waals surface area contributed by atoms with E-state index >= 15 is 0 Å². The minimum atomic E-state index is -0.594. The van der Waals surface area contributed by atoms with Crippen LogP contribution in [0.5, 0.6) is 0 Å². The average Bonchev–Trinajstić information content (AvgIpc) is 2.37. The first-order valence-electron chi connectivity index (χ1n) is 5.98. The van der Waals surface area contributed by atoms with Gasteiger partial charge in [0.25, 0.3) is 11.6 Å². The zero-order chi connectivity index (χ0) is 14.0. The third-order valence-corrected chi connectivity index (χ3v) is 3.46. The highest BCUT2D eigenvalue weighted by Gasteiger charge is 2.29. The molecule has 8 heteroatoms. The first-order valence-corrected chi connectivity index (χ1v) is 6.36. The van der Waals surface area contributed by atoms with Gasteiger partial charge in [0.1, 0.15) is 5.56 Å². The van der Waals surface area contributed by atoms with E-state index < -0.39 is 10.8 Å². The van der Waals surface area contributed by atoms with Crippen molar-refractivity contribution in [3.05, 3.63) is 38.9 Å². The molecule has 1 aromatic carbocycles. The van der Waals surface area contributed by atoms with Crippen LogP contribution in [0.25, 0.3) is 0 Å². The Bertz CT molecular complexity index is 525. The Kier molecular flexibility index (Phi) is 5.74. The molecule has 1 saturated heterocycles. The van der Waals surface area contributed by atoms with Crippen molar-refractivity contribution in [2.45, 2.75) is 18.9 Å². The minimum Gasteiger partial charge on any atom is -0.337 e. The van der Waals surface area contributed by atoms with E-state index in [9.17, 15) is 14.9 Å². The lowest BCUT2D eigenvalue weighted by atomic mass is 10.0. The van der Waals surface area contributed by atoms with Gasteiger partial charge in [-0.3, -0.25) is 14.9 Å². The number of benzene rings is 1. The summed E-state index contributed by atoms with van der Waals surface area (Å²) < 4.78 is 0. The molecule has 20 heavy (non-hydrogen) atoms. The number of hydrogen-bond acceptors (Lipinski definition) is 4. The number of rotatable bonds is 2. The highest BCUT2D eigenvalue weighted by molar-refractivity contribution is 6.34. The maximum absolute atomic E-state index is 12.4. The molecule has 0 aliphatic carbocycles. The number of likely N-dealkylation sites (tertiary alicyclic amines) is 1. The number of carbonyl (C=O) groups excluding carboxylic acids is 1. The quantitative estimate of drug-likeness (QED) is 0.668. The fourth-order valence-corrected chi connectivity index (χ4v) is 2.48. The molecular weight excluding hydrogens is 305 g/mol. The molecule has 1 aliphatic rings. The molecule has 0 spiro atoms. The van der Waals surface area contributed by atoms with Gasteiger partial charge in [0.2, 0.25) is 0 Å². The summed E-state index contributed by atoms with van der Waals surface area (Å²) >= 11 is 5.94. The molecule has 2 N–H and O–H groups in total. The van der Waals surface area contributed by atoms with Crippen molar-refractivity contribution in [2.24, 2.45) is 5.73 Å². The van der Waals surface area contributed by atoms with E-state index in [4.69, 9.17) is 17.3 Å². The maximum atomic E-state index is 12.4. The Balaban J connectivity index is 0.00000200. The van der Waals surface area contributed by atoms with Gasteiger partial charge in [-0.15, -0.1) is 12.4 Å². The molecule has 1 aromatic rings. The van der Waals surface area contributed by atoms with Crippen LogP contribution in [0.15, 0.2) is 18.2 Å². The first kappa shape index (κ1) is 16.7. The number of nitro benzene ring substituents is 1. The molecule has 6 nitrogen and oxygen atoms in total. The molecule has 1 amide bonds. The van der Waals surface area contributed by atoms with E-state index in [0.717, 1.165) is 12.8 Å². The van der Waals surface area contributed by atoms with Crippen molar-refractivity contribution < 1.29 is 9.72 Å². The van der Waals surface area contributed by atoms with Gasteiger partial charge in [-0.25, -0.2) is 0 Å². The molecule has 1 aliphatic heterocycles. The molecule has 110 valence electrons. The third kappa shape index (κ3) is 3.39. The third-order valence-electron chi connectivity index (χ3n) is 3.15. The number of nitrogens with zero attached hydrogens (tertiary/aromatic N) is 2. The van der Waals surface area contributed by atoms with Gasteiger partial charge in [0, 0.05) is 25.2 Å². The van der Waals surface area contributed by atoms with Crippen molar-refractivity contribution in [1.29, 1.82) is 0 Å². The van der Waals surface area contributed by atoms with Crippen molar-refractivity contribution in [2.75, 3.05) is 13.1 Å².